The van der Waals surface area contributed by atoms with Crippen LogP contribution in [-0.2, 0) is 16.4 Å². The molecule has 0 bridgehead atoms. The fraction of sp³-hybridized carbons (Fsp3) is 0.241. The molecule has 198 valence electrons. The molecule has 3 aromatic carbocycles. The summed E-state index contributed by atoms with van der Waals surface area (Å²) in [6, 6.07) is 22.9. The number of benzene rings is 3. The topological polar surface area (TPSA) is 92.2 Å². The zero-order chi connectivity index (χ0) is 27.3. The number of unbranched alkanes of at least 4 members (excludes halogenated alkanes) is 1. The first-order valence-electron chi connectivity index (χ1n) is 12.6. The maximum Gasteiger partial charge on any atom is 0.282 e. The van der Waals surface area contributed by atoms with Crippen LogP contribution in [-0.4, -0.2) is 41.4 Å². The molecule has 1 N–H and O–H groups in total. The van der Waals surface area contributed by atoms with E-state index in [4.69, 9.17) is 0 Å². The summed E-state index contributed by atoms with van der Waals surface area (Å²) < 4.78 is 30.4. The number of carbonyl (C=O) groups is 1. The van der Waals surface area contributed by atoms with Gasteiger partial charge in [0.2, 0.25) is 10.0 Å². The Labute approximate surface area is 231 Å². The molecule has 4 rings (SSSR count). The quantitative estimate of drug-likeness (QED) is 0.221. The number of Topliss-reactive ketones (excluding diaryl/α,β-unsaturated/α-hetero) is 1. The monoisotopic (exact) mass is 595 g/mol. The van der Waals surface area contributed by atoms with Crippen LogP contribution >= 0.6 is 15.9 Å². The summed E-state index contributed by atoms with van der Waals surface area (Å²) in [6.07, 6.45) is 2.03. The minimum atomic E-state index is -3.97. The van der Waals surface area contributed by atoms with Crippen molar-refractivity contribution >= 4 is 31.7 Å². The zero-order valence-electron chi connectivity index (χ0n) is 21.4. The van der Waals surface area contributed by atoms with E-state index in [2.05, 4.69) is 21.0 Å². The number of para-hydroxylation sites is 1. The number of aromatic amines is 1. The lowest BCUT2D eigenvalue weighted by Crippen LogP contribution is -2.38. The second kappa shape index (κ2) is 12.1. The Balaban J connectivity index is 1.81. The van der Waals surface area contributed by atoms with Crippen molar-refractivity contribution in [1.29, 1.82) is 0 Å². The molecule has 9 heteroatoms. The number of nitrogens with zero attached hydrogens (tertiary/aromatic N) is 2. The molecular formula is C29H30BrN3O4S. The van der Waals surface area contributed by atoms with Gasteiger partial charge < -0.3 is 0 Å². The third kappa shape index (κ3) is 5.75. The van der Waals surface area contributed by atoms with E-state index < -0.39 is 27.9 Å². The number of rotatable bonds is 11. The molecule has 1 aromatic heterocycles. The van der Waals surface area contributed by atoms with Crippen LogP contribution in [0.4, 0.5) is 0 Å². The van der Waals surface area contributed by atoms with Crippen molar-refractivity contribution in [1.82, 2.24) is 14.1 Å². The minimum Gasteiger partial charge on any atom is -0.292 e. The number of hydrogen-bond acceptors (Lipinski definition) is 4. The molecular weight excluding hydrogens is 566 g/mol. The number of sulfonamides is 1. The van der Waals surface area contributed by atoms with Gasteiger partial charge >= 0.3 is 0 Å². The zero-order valence-corrected chi connectivity index (χ0v) is 23.8. The SMILES string of the molecule is CCCCN(CC(=O)c1c(-c2ccccc2)[nH]n(-c2ccccc2CC)c1=O)S(=O)(=O)c1ccc(Br)cc1. The lowest BCUT2D eigenvalue weighted by Gasteiger charge is -2.21. The van der Waals surface area contributed by atoms with Gasteiger partial charge in [-0.1, -0.05) is 84.7 Å². The van der Waals surface area contributed by atoms with Crippen LogP contribution in [0.1, 0.15) is 42.6 Å². The van der Waals surface area contributed by atoms with E-state index in [1.807, 2.05) is 68.4 Å². The minimum absolute atomic E-state index is 0.0605. The predicted molar refractivity (Wildman–Crippen MR) is 153 cm³/mol. The third-order valence-electron chi connectivity index (χ3n) is 6.38. The van der Waals surface area contributed by atoms with Gasteiger partial charge in [-0.3, -0.25) is 14.7 Å². The molecule has 0 amide bonds. The van der Waals surface area contributed by atoms with E-state index in [9.17, 15) is 18.0 Å². The molecule has 0 atom stereocenters. The summed E-state index contributed by atoms with van der Waals surface area (Å²) in [6.45, 7) is 3.67. The van der Waals surface area contributed by atoms with E-state index in [-0.39, 0.29) is 17.0 Å². The highest BCUT2D eigenvalue weighted by atomic mass is 79.9. The Morgan fingerprint density at radius 1 is 0.947 bits per heavy atom. The van der Waals surface area contributed by atoms with E-state index in [0.717, 1.165) is 16.5 Å². The number of H-pyrrole nitrogens is 1. The van der Waals surface area contributed by atoms with Gasteiger partial charge in [-0.2, -0.15) is 4.31 Å². The standard InChI is InChI=1S/C29H30BrN3O4S/c1-3-5-19-32(38(36,37)24-17-15-23(30)16-18-24)20-26(34)27-28(22-12-7-6-8-13-22)31-33(29(27)35)25-14-10-9-11-21(25)4-2/h6-18,31H,3-5,19-20H2,1-2H3. The number of carbonyl (C=O) groups excluding carboxylic acids is 1. The summed E-state index contributed by atoms with van der Waals surface area (Å²) in [5, 5.41) is 3.14. The maximum atomic E-state index is 13.8. The number of ketones is 1. The van der Waals surface area contributed by atoms with Crippen LogP contribution in [0.5, 0.6) is 0 Å². The Kier molecular flexibility index (Phi) is 8.81. The molecule has 0 aliphatic rings. The fourth-order valence-corrected chi connectivity index (χ4v) is 6.02. The van der Waals surface area contributed by atoms with Gasteiger partial charge in [0.05, 0.1) is 22.8 Å². The largest absolute Gasteiger partial charge is 0.292 e. The van der Waals surface area contributed by atoms with E-state index in [0.29, 0.717) is 29.8 Å². The number of nitrogens with one attached hydrogen (secondary N) is 1. The van der Waals surface area contributed by atoms with Gasteiger partial charge in [-0.25, -0.2) is 13.1 Å². The summed E-state index contributed by atoms with van der Waals surface area (Å²) in [4.78, 5) is 27.7. The molecule has 0 fully saturated rings. The van der Waals surface area contributed by atoms with Crippen LogP contribution < -0.4 is 5.56 Å². The van der Waals surface area contributed by atoms with Crippen LogP contribution in [0.2, 0.25) is 0 Å². The number of halogens is 1. The maximum absolute atomic E-state index is 13.8. The molecule has 7 nitrogen and oxygen atoms in total. The number of aryl methyl sites for hydroxylation is 1. The van der Waals surface area contributed by atoms with Gasteiger partial charge in [0, 0.05) is 16.6 Å². The molecule has 0 radical (unpaired) electrons. The van der Waals surface area contributed by atoms with E-state index in [1.54, 1.807) is 12.1 Å². The Morgan fingerprint density at radius 2 is 1.61 bits per heavy atom. The van der Waals surface area contributed by atoms with Crippen LogP contribution in [0.25, 0.3) is 16.9 Å². The van der Waals surface area contributed by atoms with Gasteiger partial charge in [-0.15, -0.1) is 0 Å². The number of hydrogen-bond donors (Lipinski definition) is 1. The van der Waals surface area contributed by atoms with Crippen molar-refractivity contribution in [3.63, 3.8) is 0 Å². The summed E-state index contributed by atoms with van der Waals surface area (Å²) in [5.41, 5.74) is 2.05. The van der Waals surface area contributed by atoms with Crippen LogP contribution in [0.3, 0.4) is 0 Å². The van der Waals surface area contributed by atoms with E-state index in [1.165, 1.54) is 21.1 Å². The Morgan fingerprint density at radius 3 is 2.26 bits per heavy atom. The van der Waals surface area contributed by atoms with Gasteiger partial charge in [-0.05, 0) is 48.7 Å². The van der Waals surface area contributed by atoms with Gasteiger partial charge in [0.1, 0.15) is 5.56 Å². The molecule has 0 saturated heterocycles. The van der Waals surface area contributed by atoms with Crippen LogP contribution in [0, 0.1) is 0 Å². The normalized spacial score (nSPS) is 11.7. The first-order chi connectivity index (χ1) is 18.3. The smallest absolute Gasteiger partial charge is 0.282 e. The molecule has 0 saturated carbocycles. The van der Waals surface area contributed by atoms with Crippen molar-refractivity contribution in [3.8, 4) is 16.9 Å². The van der Waals surface area contributed by atoms with Crippen molar-refractivity contribution in [3.05, 3.63) is 105 Å². The highest BCUT2D eigenvalue weighted by Crippen LogP contribution is 2.24. The highest BCUT2D eigenvalue weighted by molar-refractivity contribution is 9.10. The average Bonchev–Trinajstić information content (AvgIpc) is 3.28. The summed E-state index contributed by atoms with van der Waals surface area (Å²) in [5.74, 6) is -0.561. The van der Waals surface area contributed by atoms with Crippen LogP contribution in [0.15, 0.2) is 93.0 Å². The van der Waals surface area contributed by atoms with Gasteiger partial charge in [0.15, 0.2) is 5.78 Å². The molecule has 1 heterocycles. The molecule has 0 spiro atoms. The summed E-state index contributed by atoms with van der Waals surface area (Å²) >= 11 is 3.33. The van der Waals surface area contributed by atoms with Crippen molar-refractivity contribution < 1.29 is 13.2 Å². The molecule has 0 unspecified atom stereocenters. The van der Waals surface area contributed by atoms with Crippen molar-refractivity contribution in [2.75, 3.05) is 13.1 Å². The molecule has 0 aliphatic carbocycles. The highest BCUT2D eigenvalue weighted by Gasteiger charge is 2.30. The Hall–Kier alpha value is -3.27. The summed E-state index contributed by atoms with van der Waals surface area (Å²) in [7, 11) is -3.97. The lowest BCUT2D eigenvalue weighted by atomic mass is 10.0. The Bertz CT molecular complexity index is 1580. The average molecular weight is 597 g/mol. The van der Waals surface area contributed by atoms with E-state index >= 15 is 0 Å². The van der Waals surface area contributed by atoms with Gasteiger partial charge in [0.25, 0.3) is 5.56 Å². The first-order valence-corrected chi connectivity index (χ1v) is 14.8. The third-order valence-corrected chi connectivity index (χ3v) is 8.77. The second-order valence-corrected chi connectivity index (χ2v) is 11.8. The first kappa shape index (κ1) is 27.8. The molecule has 4 aromatic rings. The lowest BCUT2D eigenvalue weighted by molar-refractivity contribution is 0.0965. The predicted octanol–water partition coefficient (Wildman–Crippen LogP) is 5.83. The molecule has 38 heavy (non-hydrogen) atoms. The second-order valence-electron chi connectivity index (χ2n) is 8.92. The molecule has 0 aliphatic heterocycles. The fourth-order valence-electron chi connectivity index (χ4n) is 4.32. The number of aromatic nitrogens is 2. The van der Waals surface area contributed by atoms with Crippen molar-refractivity contribution in [2.24, 2.45) is 0 Å². The van der Waals surface area contributed by atoms with Crippen molar-refractivity contribution in [2.45, 2.75) is 38.0 Å².